The van der Waals surface area contributed by atoms with Gasteiger partial charge in [-0.2, -0.15) is 10.1 Å². The number of hydrogen-bond donors (Lipinski definition) is 1. The Morgan fingerprint density at radius 2 is 2.00 bits per heavy atom. The van der Waals surface area contributed by atoms with Crippen LogP contribution in [0, 0.1) is 17.8 Å². The van der Waals surface area contributed by atoms with Crippen molar-refractivity contribution in [2.24, 2.45) is 22.9 Å². The van der Waals surface area contributed by atoms with E-state index in [9.17, 15) is 9.90 Å². The number of hydrogen-bond acceptors (Lipinski definition) is 3. The molecule has 5 nitrogen and oxygen atoms in total. The average molecular weight is 317 g/mol. The first kappa shape index (κ1) is 17.4. The van der Waals surface area contributed by atoms with Crippen molar-refractivity contribution in [3.63, 3.8) is 0 Å². The topological polar surface area (TPSA) is 65.8 Å². The normalized spacial score (nSPS) is 25.4. The molecule has 2 rings (SSSR count). The molecule has 0 spiro atoms. The van der Waals surface area contributed by atoms with E-state index in [0.29, 0.717) is 23.5 Å². The van der Waals surface area contributed by atoms with Crippen LogP contribution in [0.25, 0.3) is 0 Å². The van der Waals surface area contributed by atoms with Gasteiger partial charge in [0.1, 0.15) is 0 Å². The van der Waals surface area contributed by atoms with E-state index in [0.717, 1.165) is 18.4 Å². The van der Waals surface area contributed by atoms with Gasteiger partial charge in [0.25, 0.3) is 0 Å². The summed E-state index contributed by atoms with van der Waals surface area (Å²) in [5, 5.41) is 15.5. The fraction of sp³-hybridized carbons (Fsp3) is 0.611. The van der Waals surface area contributed by atoms with Crippen LogP contribution in [-0.4, -0.2) is 32.9 Å². The van der Waals surface area contributed by atoms with Gasteiger partial charge < -0.3 is 5.11 Å². The Morgan fingerprint density at radius 1 is 1.35 bits per heavy atom. The zero-order valence-corrected chi connectivity index (χ0v) is 14.4. The fourth-order valence-electron chi connectivity index (χ4n) is 3.50. The van der Waals surface area contributed by atoms with Gasteiger partial charge in [-0.25, -0.2) is 4.79 Å². The molecule has 1 aromatic rings. The zero-order valence-electron chi connectivity index (χ0n) is 14.4. The Kier molecular flexibility index (Phi) is 5.74. The summed E-state index contributed by atoms with van der Waals surface area (Å²) in [4.78, 5) is 15.8. The van der Waals surface area contributed by atoms with Gasteiger partial charge in [-0.05, 0) is 49.7 Å². The van der Waals surface area contributed by atoms with Gasteiger partial charge in [-0.15, -0.1) is 0 Å². The lowest BCUT2D eigenvalue weighted by Crippen LogP contribution is -2.46. The van der Waals surface area contributed by atoms with E-state index in [4.69, 9.17) is 0 Å². The van der Waals surface area contributed by atoms with Crippen LogP contribution in [-0.2, 0) is 0 Å². The molecule has 3 unspecified atom stereocenters. The van der Waals surface area contributed by atoms with E-state index in [1.54, 1.807) is 12.4 Å². The molecular formula is C18H27N3O2. The van der Waals surface area contributed by atoms with Crippen molar-refractivity contribution < 1.29 is 9.90 Å². The van der Waals surface area contributed by atoms with Crippen LogP contribution in [0.5, 0.6) is 0 Å². The first-order chi connectivity index (χ1) is 10.9. The van der Waals surface area contributed by atoms with Crippen molar-refractivity contribution in [2.45, 2.75) is 53.0 Å². The molecule has 1 N–H and O–H groups in total. The Balaban J connectivity index is 2.31. The molecule has 23 heavy (non-hydrogen) atoms. The van der Waals surface area contributed by atoms with E-state index in [2.05, 4.69) is 30.9 Å². The lowest BCUT2D eigenvalue weighted by Gasteiger charge is -2.40. The molecule has 0 bridgehead atoms. The Hall–Kier alpha value is -1.91. The summed E-state index contributed by atoms with van der Waals surface area (Å²) < 4.78 is 0. The van der Waals surface area contributed by atoms with Crippen LogP contribution < -0.4 is 0 Å². The van der Waals surface area contributed by atoms with Crippen molar-refractivity contribution in [3.8, 4) is 0 Å². The highest BCUT2D eigenvalue weighted by molar-refractivity contribution is 5.98. The predicted molar refractivity (Wildman–Crippen MR) is 91.4 cm³/mol. The van der Waals surface area contributed by atoms with E-state index >= 15 is 0 Å². The van der Waals surface area contributed by atoms with Crippen molar-refractivity contribution >= 4 is 11.8 Å². The summed E-state index contributed by atoms with van der Waals surface area (Å²) in [6.45, 7) is 8.39. The molecule has 1 aliphatic carbocycles. The summed E-state index contributed by atoms with van der Waals surface area (Å²) >= 11 is 0. The van der Waals surface area contributed by atoms with E-state index in [1.807, 2.05) is 19.1 Å². The molecule has 1 amide bonds. The lowest BCUT2D eigenvalue weighted by molar-refractivity contribution is 0.0583. The molecule has 0 aliphatic heterocycles. The van der Waals surface area contributed by atoms with Crippen molar-refractivity contribution in [1.29, 1.82) is 0 Å². The molecule has 1 aromatic heterocycles. The quantitative estimate of drug-likeness (QED) is 0.667. The maximum Gasteiger partial charge on any atom is 0.428 e. The number of carboxylic acid groups (broad SMARTS) is 1. The Bertz CT molecular complexity index is 557. The number of nitrogens with zero attached hydrogens (tertiary/aromatic N) is 3. The molecule has 0 radical (unpaired) electrons. The van der Waals surface area contributed by atoms with Crippen LogP contribution in [0.3, 0.4) is 0 Å². The molecular weight excluding hydrogens is 290 g/mol. The standard InChI is InChI=1S/C18H27N3O2/c1-12(2)16-6-5-13(3)11-17(16)21(18(22)23)20-14(4)15-7-9-19-10-8-15/h7-10,12-13,16-17H,5-6,11H2,1-4H3,(H,22,23)/b20-14+. The SMILES string of the molecule is C/C(=N\N(C(=O)O)C1CC(C)CCC1C(C)C)c1ccncc1. The van der Waals surface area contributed by atoms with E-state index < -0.39 is 6.09 Å². The molecule has 3 atom stereocenters. The number of pyridine rings is 1. The van der Waals surface area contributed by atoms with Gasteiger partial charge in [0, 0.05) is 18.0 Å². The first-order valence-corrected chi connectivity index (χ1v) is 8.38. The molecule has 126 valence electrons. The third-order valence-electron chi connectivity index (χ3n) is 4.85. The van der Waals surface area contributed by atoms with Gasteiger partial charge in [-0.1, -0.05) is 27.2 Å². The first-order valence-electron chi connectivity index (χ1n) is 8.38. The number of aromatic nitrogens is 1. The van der Waals surface area contributed by atoms with Crippen LogP contribution >= 0.6 is 0 Å². The van der Waals surface area contributed by atoms with E-state index in [1.165, 1.54) is 11.4 Å². The third-order valence-corrected chi connectivity index (χ3v) is 4.85. The minimum absolute atomic E-state index is 0.0481. The second-order valence-electron chi connectivity index (χ2n) is 6.94. The maximum atomic E-state index is 11.8. The van der Waals surface area contributed by atoms with Crippen molar-refractivity contribution in [1.82, 2.24) is 9.99 Å². The highest BCUT2D eigenvalue weighted by Crippen LogP contribution is 2.36. The van der Waals surface area contributed by atoms with Gasteiger partial charge in [0.05, 0.1) is 11.8 Å². The maximum absolute atomic E-state index is 11.8. The monoisotopic (exact) mass is 317 g/mol. The van der Waals surface area contributed by atoms with Crippen molar-refractivity contribution in [2.75, 3.05) is 0 Å². The second kappa shape index (κ2) is 7.57. The minimum Gasteiger partial charge on any atom is -0.464 e. The van der Waals surface area contributed by atoms with Gasteiger partial charge >= 0.3 is 6.09 Å². The van der Waals surface area contributed by atoms with Crippen LogP contribution in [0.2, 0.25) is 0 Å². The predicted octanol–water partition coefficient (Wildman–Crippen LogP) is 4.25. The van der Waals surface area contributed by atoms with Gasteiger partial charge in [0.15, 0.2) is 0 Å². The van der Waals surface area contributed by atoms with Gasteiger partial charge in [0.2, 0.25) is 0 Å². The van der Waals surface area contributed by atoms with Crippen LogP contribution in [0.4, 0.5) is 4.79 Å². The summed E-state index contributed by atoms with van der Waals surface area (Å²) in [5.74, 6) is 1.34. The average Bonchev–Trinajstić information content (AvgIpc) is 2.52. The minimum atomic E-state index is -0.969. The molecule has 1 saturated carbocycles. The van der Waals surface area contributed by atoms with Crippen LogP contribution in [0.1, 0.15) is 52.5 Å². The van der Waals surface area contributed by atoms with Gasteiger partial charge in [-0.3, -0.25) is 4.98 Å². The molecule has 5 heteroatoms. The molecule has 1 aliphatic rings. The molecule has 0 aromatic carbocycles. The van der Waals surface area contributed by atoms with E-state index in [-0.39, 0.29) is 6.04 Å². The zero-order chi connectivity index (χ0) is 17.0. The summed E-state index contributed by atoms with van der Waals surface area (Å²) in [5.41, 5.74) is 1.60. The second-order valence-corrected chi connectivity index (χ2v) is 6.94. The Labute approximate surface area is 138 Å². The summed E-state index contributed by atoms with van der Waals surface area (Å²) in [7, 11) is 0. The number of amides is 1. The highest BCUT2D eigenvalue weighted by atomic mass is 16.4. The number of carbonyl (C=O) groups is 1. The van der Waals surface area contributed by atoms with Crippen molar-refractivity contribution in [3.05, 3.63) is 30.1 Å². The summed E-state index contributed by atoms with van der Waals surface area (Å²) in [6, 6.07) is 3.65. The molecule has 1 heterocycles. The van der Waals surface area contributed by atoms with Crippen LogP contribution in [0.15, 0.2) is 29.6 Å². The summed E-state index contributed by atoms with van der Waals surface area (Å²) in [6.07, 6.45) is 5.53. The number of rotatable bonds is 4. The fourth-order valence-corrected chi connectivity index (χ4v) is 3.50. The largest absolute Gasteiger partial charge is 0.464 e. The molecule has 0 saturated heterocycles. The number of hydrazone groups is 1. The third kappa shape index (κ3) is 4.30. The Morgan fingerprint density at radius 3 is 2.57 bits per heavy atom. The smallest absolute Gasteiger partial charge is 0.428 e. The highest BCUT2D eigenvalue weighted by Gasteiger charge is 2.37. The lowest BCUT2D eigenvalue weighted by atomic mass is 9.74. The molecule has 1 fully saturated rings.